The van der Waals surface area contributed by atoms with Crippen LogP contribution in [0.4, 0.5) is 4.39 Å². The molecule has 0 aliphatic rings. The second kappa shape index (κ2) is 5.89. The van der Waals surface area contributed by atoms with Crippen LogP contribution >= 0.6 is 23.2 Å². The van der Waals surface area contributed by atoms with Gasteiger partial charge < -0.3 is 0 Å². The van der Waals surface area contributed by atoms with Crippen LogP contribution in [0, 0.1) is 5.82 Å². The molecule has 0 saturated heterocycles. The van der Waals surface area contributed by atoms with Crippen molar-refractivity contribution in [2.24, 2.45) is 0 Å². The molecule has 7 heteroatoms. The molecule has 0 N–H and O–H groups in total. The maximum atomic E-state index is 13.2. The minimum atomic E-state index is -0.535. The van der Waals surface area contributed by atoms with Crippen molar-refractivity contribution in [3.05, 3.63) is 39.4 Å². The standard InChI is InChI=1S/C13H12Cl2FN3O/c1-3-10-12(11(20)4-2)17-18-19(10)13-8(14)5-7(16)6-9(13)15/h5-6H,3-4H2,1-2H3. The van der Waals surface area contributed by atoms with Gasteiger partial charge in [-0.25, -0.2) is 9.07 Å². The van der Waals surface area contributed by atoms with Crippen molar-refractivity contribution in [1.29, 1.82) is 0 Å². The minimum absolute atomic E-state index is 0.109. The van der Waals surface area contributed by atoms with Gasteiger partial charge in [-0.1, -0.05) is 42.3 Å². The molecular weight excluding hydrogens is 304 g/mol. The Bertz CT molecular complexity index is 647. The average Bonchev–Trinajstić information content (AvgIpc) is 2.80. The fourth-order valence-corrected chi connectivity index (χ4v) is 2.54. The van der Waals surface area contributed by atoms with Gasteiger partial charge in [-0.3, -0.25) is 4.79 Å². The third-order valence-corrected chi connectivity index (χ3v) is 3.45. The Morgan fingerprint density at radius 3 is 2.40 bits per heavy atom. The topological polar surface area (TPSA) is 47.8 Å². The maximum Gasteiger partial charge on any atom is 0.184 e. The number of Topliss-reactive ketones (excluding diaryl/α,β-unsaturated/α-hetero) is 1. The van der Waals surface area contributed by atoms with Crippen LogP contribution in [0.5, 0.6) is 0 Å². The van der Waals surface area contributed by atoms with Crippen molar-refractivity contribution in [1.82, 2.24) is 15.0 Å². The van der Waals surface area contributed by atoms with Crippen LogP contribution in [0.15, 0.2) is 12.1 Å². The molecule has 0 aliphatic heterocycles. The first-order valence-electron chi connectivity index (χ1n) is 6.12. The molecule has 0 unspecified atom stereocenters. The Balaban J connectivity index is 2.65. The van der Waals surface area contributed by atoms with Crippen LogP contribution < -0.4 is 0 Å². The Morgan fingerprint density at radius 2 is 1.90 bits per heavy atom. The molecule has 0 spiro atoms. The first-order chi connectivity index (χ1) is 9.49. The normalized spacial score (nSPS) is 10.8. The summed E-state index contributed by atoms with van der Waals surface area (Å²) < 4.78 is 14.6. The molecular formula is C13H12Cl2FN3O. The summed E-state index contributed by atoms with van der Waals surface area (Å²) in [5, 5.41) is 8.05. The first-order valence-corrected chi connectivity index (χ1v) is 6.87. The van der Waals surface area contributed by atoms with Crippen molar-refractivity contribution in [2.75, 3.05) is 0 Å². The number of carbonyl (C=O) groups excluding carboxylic acids is 1. The number of ketones is 1. The molecule has 106 valence electrons. The van der Waals surface area contributed by atoms with Crippen LogP contribution in [-0.2, 0) is 6.42 Å². The van der Waals surface area contributed by atoms with Crippen molar-refractivity contribution >= 4 is 29.0 Å². The molecule has 2 rings (SSSR count). The van der Waals surface area contributed by atoms with E-state index in [1.165, 1.54) is 4.68 Å². The van der Waals surface area contributed by atoms with Crippen molar-refractivity contribution < 1.29 is 9.18 Å². The molecule has 0 amide bonds. The van der Waals surface area contributed by atoms with E-state index in [-0.39, 0.29) is 15.8 Å². The van der Waals surface area contributed by atoms with E-state index >= 15 is 0 Å². The van der Waals surface area contributed by atoms with Crippen molar-refractivity contribution in [3.63, 3.8) is 0 Å². The first kappa shape index (κ1) is 14.9. The Morgan fingerprint density at radius 1 is 1.30 bits per heavy atom. The van der Waals surface area contributed by atoms with Crippen molar-refractivity contribution in [3.8, 4) is 5.69 Å². The van der Waals surface area contributed by atoms with Gasteiger partial charge in [0.05, 0.1) is 15.7 Å². The number of rotatable bonds is 4. The molecule has 4 nitrogen and oxygen atoms in total. The van der Waals surface area contributed by atoms with Gasteiger partial charge >= 0.3 is 0 Å². The molecule has 20 heavy (non-hydrogen) atoms. The number of halogens is 3. The third-order valence-electron chi connectivity index (χ3n) is 2.88. The largest absolute Gasteiger partial charge is 0.292 e. The highest BCUT2D eigenvalue weighted by molar-refractivity contribution is 6.37. The molecule has 1 aromatic heterocycles. The molecule has 0 radical (unpaired) electrons. The predicted octanol–water partition coefficient (Wildman–Crippen LogP) is 3.87. The lowest BCUT2D eigenvalue weighted by atomic mass is 10.1. The van der Waals surface area contributed by atoms with E-state index < -0.39 is 5.82 Å². The molecule has 0 fully saturated rings. The third kappa shape index (κ3) is 2.55. The lowest BCUT2D eigenvalue weighted by molar-refractivity contribution is 0.0982. The highest BCUT2D eigenvalue weighted by Gasteiger charge is 2.21. The number of aromatic nitrogens is 3. The fourth-order valence-electron chi connectivity index (χ4n) is 1.92. The predicted molar refractivity (Wildman–Crippen MR) is 75.3 cm³/mol. The lowest BCUT2D eigenvalue weighted by Gasteiger charge is -2.09. The molecule has 0 saturated carbocycles. The quantitative estimate of drug-likeness (QED) is 0.805. The van der Waals surface area contributed by atoms with Gasteiger partial charge in [0.15, 0.2) is 11.5 Å². The zero-order valence-electron chi connectivity index (χ0n) is 11.0. The SMILES string of the molecule is CCC(=O)c1nnn(-c2c(Cl)cc(F)cc2Cl)c1CC. The zero-order valence-corrected chi connectivity index (χ0v) is 12.5. The number of nitrogens with zero attached hydrogens (tertiary/aromatic N) is 3. The maximum absolute atomic E-state index is 13.2. The number of benzene rings is 1. The highest BCUT2D eigenvalue weighted by Crippen LogP contribution is 2.30. The number of hydrogen-bond acceptors (Lipinski definition) is 3. The van der Waals surface area contributed by atoms with Gasteiger partial charge in [0.1, 0.15) is 11.5 Å². The molecule has 0 atom stereocenters. The van der Waals surface area contributed by atoms with E-state index in [2.05, 4.69) is 10.3 Å². The molecule has 1 heterocycles. The van der Waals surface area contributed by atoms with E-state index in [4.69, 9.17) is 23.2 Å². The summed E-state index contributed by atoms with van der Waals surface area (Å²) in [6, 6.07) is 2.29. The van der Waals surface area contributed by atoms with Gasteiger partial charge in [0.2, 0.25) is 0 Å². The summed E-state index contributed by atoms with van der Waals surface area (Å²) in [4.78, 5) is 11.8. The van der Waals surface area contributed by atoms with Crippen LogP contribution in [-0.4, -0.2) is 20.8 Å². The number of carbonyl (C=O) groups is 1. The van der Waals surface area contributed by atoms with Crippen LogP contribution in [0.3, 0.4) is 0 Å². The summed E-state index contributed by atoms with van der Waals surface area (Å²) >= 11 is 12.0. The minimum Gasteiger partial charge on any atom is -0.292 e. The summed E-state index contributed by atoms with van der Waals surface area (Å²) in [5.41, 5.74) is 1.23. The second-order valence-electron chi connectivity index (χ2n) is 4.14. The summed E-state index contributed by atoms with van der Waals surface area (Å²) in [6.45, 7) is 3.62. The monoisotopic (exact) mass is 315 g/mol. The Kier molecular flexibility index (Phi) is 4.40. The van der Waals surface area contributed by atoms with E-state index in [1.54, 1.807) is 6.92 Å². The number of hydrogen-bond donors (Lipinski definition) is 0. The smallest absolute Gasteiger partial charge is 0.184 e. The molecule has 0 aliphatic carbocycles. The lowest BCUT2D eigenvalue weighted by Crippen LogP contribution is -2.07. The molecule has 2 aromatic rings. The van der Waals surface area contributed by atoms with Crippen LogP contribution in [0.1, 0.15) is 36.5 Å². The second-order valence-corrected chi connectivity index (χ2v) is 4.96. The van der Waals surface area contributed by atoms with E-state index in [9.17, 15) is 9.18 Å². The van der Waals surface area contributed by atoms with Crippen molar-refractivity contribution in [2.45, 2.75) is 26.7 Å². The summed E-state index contributed by atoms with van der Waals surface area (Å²) in [7, 11) is 0. The van der Waals surface area contributed by atoms with Gasteiger partial charge in [-0.05, 0) is 18.6 Å². The molecule has 1 aromatic carbocycles. The average molecular weight is 316 g/mol. The van der Waals surface area contributed by atoms with Gasteiger partial charge in [0.25, 0.3) is 0 Å². The zero-order chi connectivity index (χ0) is 14.9. The highest BCUT2D eigenvalue weighted by atomic mass is 35.5. The van der Waals surface area contributed by atoms with E-state index in [1.807, 2.05) is 6.92 Å². The summed E-state index contributed by atoms with van der Waals surface area (Å²) in [5.74, 6) is -0.644. The summed E-state index contributed by atoms with van der Waals surface area (Å²) in [6.07, 6.45) is 0.856. The Hall–Kier alpha value is -1.46. The Labute approximate surface area is 125 Å². The molecule has 0 bridgehead atoms. The fraction of sp³-hybridized carbons (Fsp3) is 0.308. The van der Waals surface area contributed by atoms with Gasteiger partial charge in [0, 0.05) is 6.42 Å². The van der Waals surface area contributed by atoms with Gasteiger partial charge in [-0.15, -0.1) is 5.10 Å². The van der Waals surface area contributed by atoms with Crippen LogP contribution in [0.2, 0.25) is 10.0 Å². The van der Waals surface area contributed by atoms with E-state index in [0.29, 0.717) is 29.9 Å². The van der Waals surface area contributed by atoms with Gasteiger partial charge in [-0.2, -0.15) is 0 Å². The van der Waals surface area contributed by atoms with Crippen LogP contribution in [0.25, 0.3) is 5.69 Å². The van der Waals surface area contributed by atoms with E-state index in [0.717, 1.165) is 12.1 Å².